The topological polar surface area (TPSA) is 77.6 Å². The number of hydrogen-bond acceptors (Lipinski definition) is 5. The number of nitrogens with zero attached hydrogens (tertiary/aromatic N) is 6. The van der Waals surface area contributed by atoms with Gasteiger partial charge in [0, 0.05) is 43.7 Å². The maximum atomic E-state index is 12.0. The summed E-state index contributed by atoms with van der Waals surface area (Å²) < 4.78 is 9.84. The summed E-state index contributed by atoms with van der Waals surface area (Å²) in [5.41, 5.74) is 2.23. The van der Waals surface area contributed by atoms with E-state index in [0.29, 0.717) is 5.88 Å². The zero-order chi connectivity index (χ0) is 20.1. The van der Waals surface area contributed by atoms with E-state index in [1.54, 1.807) is 26.5 Å². The van der Waals surface area contributed by atoms with Crippen LogP contribution in [-0.2, 0) is 11.8 Å². The van der Waals surface area contributed by atoms with Crippen LogP contribution in [0.4, 0.5) is 0 Å². The molecule has 0 spiro atoms. The van der Waals surface area contributed by atoms with Gasteiger partial charge < -0.3 is 9.64 Å². The van der Waals surface area contributed by atoms with Crippen LogP contribution in [0, 0.1) is 5.41 Å². The molecule has 4 rings (SSSR count). The number of ether oxygens (including phenoxy) is 1. The van der Waals surface area contributed by atoms with E-state index in [-0.39, 0.29) is 23.5 Å². The molecular weight excluding hydrogens is 356 g/mol. The van der Waals surface area contributed by atoms with Gasteiger partial charge in [-0.2, -0.15) is 10.2 Å². The molecule has 3 aromatic rings. The second-order valence-electron chi connectivity index (χ2n) is 7.83. The fourth-order valence-electron chi connectivity index (χ4n) is 3.83. The van der Waals surface area contributed by atoms with Gasteiger partial charge in [-0.05, 0) is 12.1 Å². The second kappa shape index (κ2) is 6.47. The molecule has 8 heteroatoms. The third-order valence-corrected chi connectivity index (χ3v) is 5.73. The largest absolute Gasteiger partial charge is 0.472 e. The van der Waals surface area contributed by atoms with Gasteiger partial charge in [0.05, 0.1) is 24.3 Å². The Labute approximate surface area is 163 Å². The van der Waals surface area contributed by atoms with Crippen molar-refractivity contribution in [2.24, 2.45) is 12.5 Å². The van der Waals surface area contributed by atoms with E-state index in [1.165, 1.54) is 6.08 Å². The molecule has 0 bridgehead atoms. The normalized spacial score (nSPS) is 20.6. The van der Waals surface area contributed by atoms with E-state index in [4.69, 9.17) is 9.72 Å². The molecule has 1 aliphatic carbocycles. The first kappa shape index (κ1) is 18.2. The molecule has 1 aliphatic rings. The standard InChI is InChI=1S/C20H24N6O2/c1-6-18(27)25(5)16-9-17(20(16,2)3)28-19-15-7-8-21-26(15)12-14(23-19)13-10-22-24(4)11-13/h6-8,10-12,16-17H,1,9H2,2-5H3/t16-,17?/m0/s1. The zero-order valence-corrected chi connectivity index (χ0v) is 16.5. The molecule has 0 N–H and O–H groups in total. The van der Waals surface area contributed by atoms with Gasteiger partial charge in [-0.1, -0.05) is 20.4 Å². The molecule has 146 valence electrons. The summed E-state index contributed by atoms with van der Waals surface area (Å²) in [6, 6.07) is 1.97. The van der Waals surface area contributed by atoms with E-state index >= 15 is 0 Å². The Morgan fingerprint density at radius 1 is 1.39 bits per heavy atom. The molecule has 0 radical (unpaired) electrons. The number of amides is 1. The van der Waals surface area contributed by atoms with Gasteiger partial charge in [0.1, 0.15) is 11.6 Å². The number of hydrogen-bond donors (Lipinski definition) is 0. The monoisotopic (exact) mass is 380 g/mol. The molecule has 0 saturated heterocycles. The summed E-state index contributed by atoms with van der Waals surface area (Å²) in [6.07, 6.45) is 9.28. The maximum Gasteiger partial charge on any atom is 0.245 e. The third kappa shape index (κ3) is 2.85. The smallest absolute Gasteiger partial charge is 0.245 e. The molecule has 1 amide bonds. The van der Waals surface area contributed by atoms with E-state index in [0.717, 1.165) is 23.2 Å². The van der Waals surface area contributed by atoms with E-state index < -0.39 is 0 Å². The minimum atomic E-state index is -0.212. The summed E-state index contributed by atoms with van der Waals surface area (Å²) in [4.78, 5) is 18.4. The van der Waals surface area contributed by atoms with Gasteiger partial charge in [-0.25, -0.2) is 9.50 Å². The van der Waals surface area contributed by atoms with Gasteiger partial charge in [-0.3, -0.25) is 9.48 Å². The fraction of sp³-hybridized carbons (Fsp3) is 0.400. The summed E-state index contributed by atoms with van der Waals surface area (Å²) in [7, 11) is 3.68. The van der Waals surface area contributed by atoms with Crippen molar-refractivity contribution >= 4 is 11.4 Å². The van der Waals surface area contributed by atoms with Crippen LogP contribution >= 0.6 is 0 Å². The first-order valence-corrected chi connectivity index (χ1v) is 9.20. The first-order valence-electron chi connectivity index (χ1n) is 9.20. The van der Waals surface area contributed by atoms with Crippen molar-refractivity contribution in [2.45, 2.75) is 32.4 Å². The minimum Gasteiger partial charge on any atom is -0.472 e. The van der Waals surface area contributed by atoms with Gasteiger partial charge in [0.2, 0.25) is 11.8 Å². The molecule has 2 atom stereocenters. The number of aryl methyl sites for hydroxylation is 1. The Kier molecular flexibility index (Phi) is 4.21. The van der Waals surface area contributed by atoms with Crippen LogP contribution in [0.2, 0.25) is 0 Å². The van der Waals surface area contributed by atoms with Crippen LogP contribution in [0.5, 0.6) is 5.88 Å². The molecule has 3 heterocycles. The van der Waals surface area contributed by atoms with Crippen molar-refractivity contribution < 1.29 is 9.53 Å². The molecule has 8 nitrogen and oxygen atoms in total. The Bertz CT molecular complexity index is 1050. The highest BCUT2D eigenvalue weighted by atomic mass is 16.5. The van der Waals surface area contributed by atoms with Gasteiger partial charge in [0.15, 0.2) is 0 Å². The highest BCUT2D eigenvalue weighted by molar-refractivity contribution is 5.87. The second-order valence-corrected chi connectivity index (χ2v) is 7.83. The Morgan fingerprint density at radius 2 is 2.18 bits per heavy atom. The quantitative estimate of drug-likeness (QED) is 0.635. The lowest BCUT2D eigenvalue weighted by molar-refractivity contribution is -0.144. The molecule has 1 saturated carbocycles. The average molecular weight is 380 g/mol. The highest BCUT2D eigenvalue weighted by Crippen LogP contribution is 2.46. The van der Waals surface area contributed by atoms with E-state index in [2.05, 4.69) is 30.6 Å². The summed E-state index contributed by atoms with van der Waals surface area (Å²) in [6.45, 7) is 7.79. The average Bonchev–Trinajstić information content (AvgIpc) is 3.32. The molecular formula is C20H24N6O2. The highest BCUT2D eigenvalue weighted by Gasteiger charge is 2.53. The molecule has 0 aromatic carbocycles. The first-order chi connectivity index (χ1) is 13.3. The van der Waals surface area contributed by atoms with Crippen molar-refractivity contribution in [1.82, 2.24) is 29.3 Å². The predicted octanol–water partition coefficient (Wildman–Crippen LogP) is 2.32. The van der Waals surface area contributed by atoms with E-state index in [9.17, 15) is 4.79 Å². The number of carbonyl (C=O) groups excluding carboxylic acids is 1. The molecule has 1 unspecified atom stereocenters. The van der Waals surface area contributed by atoms with E-state index in [1.807, 2.05) is 32.6 Å². The van der Waals surface area contributed by atoms with Crippen LogP contribution in [0.15, 0.2) is 43.5 Å². The molecule has 1 fully saturated rings. The molecule has 3 aromatic heterocycles. The van der Waals surface area contributed by atoms with Crippen molar-refractivity contribution in [1.29, 1.82) is 0 Å². The Balaban J connectivity index is 1.63. The Morgan fingerprint density at radius 3 is 2.82 bits per heavy atom. The minimum absolute atomic E-state index is 0.0621. The van der Waals surface area contributed by atoms with Crippen LogP contribution in [0.25, 0.3) is 16.8 Å². The Hall–Kier alpha value is -3.16. The third-order valence-electron chi connectivity index (χ3n) is 5.73. The van der Waals surface area contributed by atoms with Crippen molar-refractivity contribution in [3.63, 3.8) is 0 Å². The zero-order valence-electron chi connectivity index (χ0n) is 16.5. The van der Waals surface area contributed by atoms with Crippen molar-refractivity contribution in [3.05, 3.63) is 43.5 Å². The number of fused-ring (bicyclic) bond motifs is 1. The lowest BCUT2D eigenvalue weighted by atomic mass is 9.64. The van der Waals surface area contributed by atoms with Gasteiger partial charge in [0.25, 0.3) is 0 Å². The van der Waals surface area contributed by atoms with Crippen LogP contribution in [0.1, 0.15) is 20.3 Å². The van der Waals surface area contributed by atoms with Gasteiger partial charge in [-0.15, -0.1) is 0 Å². The predicted molar refractivity (Wildman–Crippen MR) is 105 cm³/mol. The summed E-state index contributed by atoms with van der Waals surface area (Å²) in [5.74, 6) is 0.458. The van der Waals surface area contributed by atoms with Crippen LogP contribution < -0.4 is 4.74 Å². The number of likely N-dealkylation sites (N-methyl/N-ethyl adjacent to an activating group) is 1. The van der Waals surface area contributed by atoms with Crippen LogP contribution in [-0.4, -0.2) is 54.4 Å². The number of aromatic nitrogens is 5. The maximum absolute atomic E-state index is 12.0. The lowest BCUT2D eigenvalue weighted by Gasteiger charge is -2.54. The number of carbonyl (C=O) groups is 1. The van der Waals surface area contributed by atoms with Crippen molar-refractivity contribution in [2.75, 3.05) is 7.05 Å². The summed E-state index contributed by atoms with van der Waals surface area (Å²) >= 11 is 0. The van der Waals surface area contributed by atoms with Crippen LogP contribution in [0.3, 0.4) is 0 Å². The molecule has 0 aliphatic heterocycles. The molecule has 28 heavy (non-hydrogen) atoms. The SMILES string of the molecule is C=CC(=O)N(C)[C@H]1CC(Oc2nc(-c3cnn(C)c3)cn3nccc23)C1(C)C. The lowest BCUT2D eigenvalue weighted by Crippen LogP contribution is -2.63. The number of rotatable bonds is 5. The van der Waals surface area contributed by atoms with Crippen molar-refractivity contribution in [3.8, 4) is 17.1 Å². The summed E-state index contributed by atoms with van der Waals surface area (Å²) in [5, 5.41) is 8.56. The van der Waals surface area contributed by atoms with Gasteiger partial charge >= 0.3 is 0 Å². The fourth-order valence-corrected chi connectivity index (χ4v) is 3.83.